The van der Waals surface area contributed by atoms with Gasteiger partial charge in [0.2, 0.25) is 0 Å². The molecule has 1 amide bonds. The molecule has 0 saturated heterocycles. The molecule has 1 N–H and O–H groups in total. The third-order valence-electron chi connectivity index (χ3n) is 5.14. The second kappa shape index (κ2) is 8.25. The largest absolute Gasteiger partial charge is 0.496 e. The molecular formula is C25H22N2O3. The van der Waals surface area contributed by atoms with Crippen LogP contribution in [0.25, 0.3) is 10.9 Å². The van der Waals surface area contributed by atoms with Crippen molar-refractivity contribution in [1.82, 2.24) is 4.98 Å². The number of methoxy groups -OCH3 is 1. The molecule has 0 unspecified atom stereocenters. The molecule has 30 heavy (non-hydrogen) atoms. The Kier molecular flexibility index (Phi) is 5.35. The molecule has 4 rings (SSSR count). The molecule has 0 saturated carbocycles. The zero-order chi connectivity index (χ0) is 21.1. The van der Waals surface area contributed by atoms with Crippen molar-refractivity contribution in [3.8, 4) is 5.75 Å². The fraction of sp³-hybridized carbons (Fsp3) is 0.120. The number of ether oxygens (including phenoxy) is 1. The number of hydrogen-bond acceptors (Lipinski definition) is 3. The fourth-order valence-electron chi connectivity index (χ4n) is 3.57. The minimum Gasteiger partial charge on any atom is -0.496 e. The Labute approximate surface area is 174 Å². The average Bonchev–Trinajstić information content (AvgIpc) is 2.78. The van der Waals surface area contributed by atoms with Crippen molar-refractivity contribution < 1.29 is 9.53 Å². The van der Waals surface area contributed by atoms with Gasteiger partial charge in [-0.15, -0.1) is 0 Å². The van der Waals surface area contributed by atoms with Crippen LogP contribution < -0.4 is 15.2 Å². The lowest BCUT2D eigenvalue weighted by Crippen LogP contribution is -2.33. The average molecular weight is 398 g/mol. The smallest absolute Gasteiger partial charge is 0.262 e. The standard InChI is InChI=1S/C25H22N2O3/c1-17-9-8-10-18-15-19(24(28)26-23(17)18)16-27(20-11-4-3-5-12-20)25(29)21-13-6-7-14-22(21)30-2/h3-15H,16H2,1-2H3,(H,26,28). The molecule has 4 aromatic rings. The number of nitrogens with one attached hydrogen (secondary N) is 1. The van der Waals surface area contributed by atoms with E-state index >= 15 is 0 Å². The van der Waals surface area contributed by atoms with Crippen LogP contribution in [0.4, 0.5) is 5.69 Å². The molecule has 0 aliphatic carbocycles. The van der Waals surface area contributed by atoms with E-state index in [1.165, 1.54) is 7.11 Å². The maximum Gasteiger partial charge on any atom is 0.262 e. The topological polar surface area (TPSA) is 62.4 Å². The van der Waals surface area contributed by atoms with Gasteiger partial charge in [-0.3, -0.25) is 9.59 Å². The summed E-state index contributed by atoms with van der Waals surface area (Å²) in [5.41, 5.74) is 3.27. The first-order valence-corrected chi connectivity index (χ1v) is 9.70. The first kappa shape index (κ1) is 19.5. The predicted molar refractivity (Wildman–Crippen MR) is 119 cm³/mol. The van der Waals surface area contributed by atoms with Crippen LogP contribution in [0.3, 0.4) is 0 Å². The van der Waals surface area contributed by atoms with Gasteiger partial charge in [-0.05, 0) is 48.2 Å². The lowest BCUT2D eigenvalue weighted by Gasteiger charge is -2.24. The number of H-pyrrole nitrogens is 1. The first-order valence-electron chi connectivity index (χ1n) is 9.70. The van der Waals surface area contributed by atoms with E-state index in [1.807, 2.05) is 67.6 Å². The Balaban J connectivity index is 1.80. The van der Waals surface area contributed by atoms with Crippen LogP contribution >= 0.6 is 0 Å². The summed E-state index contributed by atoms with van der Waals surface area (Å²) in [5.74, 6) is 0.258. The van der Waals surface area contributed by atoms with Crippen LogP contribution in [0.5, 0.6) is 5.75 Å². The molecule has 0 radical (unpaired) electrons. The molecule has 0 atom stereocenters. The van der Waals surface area contributed by atoms with E-state index in [1.54, 1.807) is 23.1 Å². The monoisotopic (exact) mass is 398 g/mol. The molecule has 0 fully saturated rings. The van der Waals surface area contributed by atoms with E-state index in [0.29, 0.717) is 22.6 Å². The maximum atomic E-state index is 13.5. The molecule has 150 valence electrons. The van der Waals surface area contributed by atoms with E-state index in [2.05, 4.69) is 4.98 Å². The van der Waals surface area contributed by atoms with Gasteiger partial charge in [0.15, 0.2) is 0 Å². The Morgan fingerprint density at radius 3 is 2.47 bits per heavy atom. The van der Waals surface area contributed by atoms with E-state index in [0.717, 1.165) is 16.5 Å². The molecule has 1 aromatic heterocycles. The number of hydrogen-bond donors (Lipinski definition) is 1. The number of fused-ring (bicyclic) bond motifs is 1. The van der Waals surface area contributed by atoms with Crippen LogP contribution in [0.2, 0.25) is 0 Å². The minimum atomic E-state index is -0.234. The summed E-state index contributed by atoms with van der Waals surface area (Å²) in [7, 11) is 1.54. The Morgan fingerprint density at radius 1 is 0.967 bits per heavy atom. The number of benzene rings is 3. The van der Waals surface area contributed by atoms with Crippen LogP contribution in [-0.4, -0.2) is 18.0 Å². The van der Waals surface area contributed by atoms with Gasteiger partial charge >= 0.3 is 0 Å². The van der Waals surface area contributed by atoms with Gasteiger partial charge in [-0.1, -0.05) is 48.5 Å². The predicted octanol–water partition coefficient (Wildman–Crippen LogP) is 4.69. The molecule has 0 spiro atoms. The van der Waals surface area contributed by atoms with Crippen LogP contribution in [0.1, 0.15) is 21.5 Å². The summed E-state index contributed by atoms with van der Waals surface area (Å²) in [6, 6.07) is 24.1. The molecule has 5 nitrogen and oxygen atoms in total. The van der Waals surface area contributed by atoms with Crippen molar-refractivity contribution >= 4 is 22.5 Å². The number of carbonyl (C=O) groups excluding carboxylic acids is 1. The number of anilines is 1. The summed E-state index contributed by atoms with van der Waals surface area (Å²) in [4.78, 5) is 30.9. The number of aromatic nitrogens is 1. The molecule has 1 heterocycles. The van der Waals surface area contributed by atoms with Crippen molar-refractivity contribution in [3.63, 3.8) is 0 Å². The van der Waals surface area contributed by atoms with Gasteiger partial charge in [0.25, 0.3) is 11.5 Å². The lowest BCUT2D eigenvalue weighted by atomic mass is 10.1. The van der Waals surface area contributed by atoms with Crippen LogP contribution in [-0.2, 0) is 6.54 Å². The van der Waals surface area contributed by atoms with E-state index in [9.17, 15) is 9.59 Å². The second-order valence-electron chi connectivity index (χ2n) is 7.09. The molecule has 3 aromatic carbocycles. The molecule has 0 aliphatic rings. The quantitative estimate of drug-likeness (QED) is 0.530. The molecule has 0 aliphatic heterocycles. The highest BCUT2D eigenvalue weighted by Crippen LogP contribution is 2.25. The van der Waals surface area contributed by atoms with Gasteiger partial charge in [0.05, 0.1) is 24.7 Å². The summed E-state index contributed by atoms with van der Waals surface area (Å²) < 4.78 is 5.38. The lowest BCUT2D eigenvalue weighted by molar-refractivity contribution is 0.0982. The van der Waals surface area contributed by atoms with Crippen molar-refractivity contribution in [3.05, 3.63) is 106 Å². The highest BCUT2D eigenvalue weighted by molar-refractivity contribution is 6.07. The number of para-hydroxylation sites is 3. The Morgan fingerprint density at radius 2 is 1.70 bits per heavy atom. The van der Waals surface area contributed by atoms with Crippen molar-refractivity contribution in [1.29, 1.82) is 0 Å². The van der Waals surface area contributed by atoms with Crippen molar-refractivity contribution in [2.75, 3.05) is 12.0 Å². The number of amides is 1. The zero-order valence-corrected chi connectivity index (χ0v) is 16.9. The number of aromatic amines is 1. The highest BCUT2D eigenvalue weighted by Gasteiger charge is 2.22. The summed E-state index contributed by atoms with van der Waals surface area (Å²) >= 11 is 0. The maximum absolute atomic E-state index is 13.5. The normalized spacial score (nSPS) is 10.7. The number of pyridine rings is 1. The van der Waals surface area contributed by atoms with Crippen LogP contribution in [0.15, 0.2) is 83.7 Å². The first-order chi connectivity index (χ1) is 14.6. The number of aryl methyl sites for hydroxylation is 1. The highest BCUT2D eigenvalue weighted by atomic mass is 16.5. The van der Waals surface area contributed by atoms with Gasteiger partial charge in [0, 0.05) is 11.3 Å². The minimum absolute atomic E-state index is 0.139. The van der Waals surface area contributed by atoms with Crippen molar-refractivity contribution in [2.24, 2.45) is 0 Å². The third kappa shape index (κ3) is 3.70. The Hall–Kier alpha value is -3.86. The zero-order valence-electron chi connectivity index (χ0n) is 16.9. The molecule has 0 bridgehead atoms. The summed E-state index contributed by atoms with van der Waals surface area (Å²) in [6.07, 6.45) is 0. The third-order valence-corrected chi connectivity index (χ3v) is 5.14. The van der Waals surface area contributed by atoms with Gasteiger partial charge in [-0.2, -0.15) is 0 Å². The second-order valence-corrected chi connectivity index (χ2v) is 7.09. The summed E-state index contributed by atoms with van der Waals surface area (Å²) in [6.45, 7) is 2.10. The number of carbonyl (C=O) groups is 1. The van der Waals surface area contributed by atoms with Gasteiger partial charge < -0.3 is 14.6 Å². The van der Waals surface area contributed by atoms with Gasteiger partial charge in [0.1, 0.15) is 5.75 Å². The van der Waals surface area contributed by atoms with Crippen molar-refractivity contribution in [2.45, 2.75) is 13.5 Å². The molecular weight excluding hydrogens is 376 g/mol. The fourth-order valence-corrected chi connectivity index (χ4v) is 3.57. The molecule has 5 heteroatoms. The number of rotatable bonds is 5. The van der Waals surface area contributed by atoms with Crippen LogP contribution in [0, 0.1) is 6.92 Å². The Bertz CT molecular complexity index is 1260. The van der Waals surface area contributed by atoms with E-state index in [4.69, 9.17) is 4.74 Å². The van der Waals surface area contributed by atoms with E-state index in [-0.39, 0.29) is 18.0 Å². The summed E-state index contributed by atoms with van der Waals surface area (Å²) in [5, 5.41) is 0.933. The van der Waals surface area contributed by atoms with E-state index < -0.39 is 0 Å². The number of nitrogens with zero attached hydrogens (tertiary/aromatic N) is 1. The van der Waals surface area contributed by atoms with Gasteiger partial charge in [-0.25, -0.2) is 0 Å². The SMILES string of the molecule is COc1ccccc1C(=O)N(Cc1cc2cccc(C)c2[nH]c1=O)c1ccccc1.